The average molecular weight is 258 g/mol. The van der Waals surface area contributed by atoms with Crippen LogP contribution in [0.3, 0.4) is 0 Å². The number of nitrogens with one attached hydrogen (secondary N) is 1. The zero-order valence-corrected chi connectivity index (χ0v) is 10.3. The van der Waals surface area contributed by atoms with E-state index in [-0.39, 0.29) is 18.3 Å². The van der Waals surface area contributed by atoms with E-state index in [0.717, 1.165) is 0 Å². The van der Waals surface area contributed by atoms with E-state index >= 15 is 0 Å². The topological polar surface area (TPSA) is 71.2 Å². The molecule has 0 unspecified atom stereocenters. The predicted molar refractivity (Wildman–Crippen MR) is 65.0 cm³/mol. The molecule has 0 radical (unpaired) electrons. The lowest BCUT2D eigenvalue weighted by Gasteiger charge is -2.19. The van der Waals surface area contributed by atoms with Gasteiger partial charge in [0.05, 0.1) is 6.54 Å². The third kappa shape index (κ3) is 3.28. The number of carbonyl (C=O) groups excluding carboxylic acids is 1. The van der Waals surface area contributed by atoms with Crippen molar-refractivity contribution in [3.05, 3.63) is 17.7 Å². The summed E-state index contributed by atoms with van der Waals surface area (Å²) >= 11 is 0. The second-order valence-corrected chi connectivity index (χ2v) is 3.61. The van der Waals surface area contributed by atoms with Crippen molar-refractivity contribution < 1.29 is 13.6 Å². The standard InChI is InChI=1S/C11H16F2N4O/c1-3-17(4-2)9(18)6-15-11-8(13)5-7(12)10(14)16-11/h5H,3-4,6H2,1-2H3,(H3,14,15,16). The number of halogens is 2. The summed E-state index contributed by atoms with van der Waals surface area (Å²) in [7, 11) is 0. The highest BCUT2D eigenvalue weighted by molar-refractivity contribution is 5.80. The minimum atomic E-state index is -0.923. The molecule has 0 bridgehead atoms. The summed E-state index contributed by atoms with van der Waals surface area (Å²) in [6, 6.07) is 0.632. The van der Waals surface area contributed by atoms with Gasteiger partial charge in [0.25, 0.3) is 0 Å². The number of likely N-dealkylation sites (N-methyl/N-ethyl adjacent to an activating group) is 1. The van der Waals surface area contributed by atoms with E-state index < -0.39 is 17.5 Å². The van der Waals surface area contributed by atoms with Crippen LogP contribution in [0.15, 0.2) is 6.07 Å². The molecule has 0 saturated heterocycles. The fraction of sp³-hybridized carbons (Fsp3) is 0.455. The van der Waals surface area contributed by atoms with Gasteiger partial charge in [0.2, 0.25) is 5.91 Å². The Hall–Kier alpha value is -1.92. The van der Waals surface area contributed by atoms with Gasteiger partial charge in [0, 0.05) is 19.2 Å². The fourth-order valence-electron chi connectivity index (χ4n) is 1.45. The monoisotopic (exact) mass is 258 g/mol. The fourth-order valence-corrected chi connectivity index (χ4v) is 1.45. The van der Waals surface area contributed by atoms with Gasteiger partial charge in [0.15, 0.2) is 23.3 Å². The summed E-state index contributed by atoms with van der Waals surface area (Å²) in [4.78, 5) is 16.7. The largest absolute Gasteiger partial charge is 0.381 e. The number of anilines is 2. The second kappa shape index (κ2) is 6.13. The highest BCUT2D eigenvalue weighted by atomic mass is 19.1. The Balaban J connectivity index is 2.69. The van der Waals surface area contributed by atoms with E-state index in [9.17, 15) is 13.6 Å². The van der Waals surface area contributed by atoms with E-state index in [1.807, 2.05) is 13.8 Å². The number of hydrogen-bond acceptors (Lipinski definition) is 4. The number of nitrogen functional groups attached to an aromatic ring is 1. The smallest absolute Gasteiger partial charge is 0.241 e. The number of pyridine rings is 1. The van der Waals surface area contributed by atoms with Gasteiger partial charge in [-0.05, 0) is 13.8 Å². The second-order valence-electron chi connectivity index (χ2n) is 3.61. The maximum atomic E-state index is 13.3. The van der Waals surface area contributed by atoms with Crippen LogP contribution < -0.4 is 11.1 Å². The molecular formula is C11H16F2N4O. The molecule has 18 heavy (non-hydrogen) atoms. The lowest BCUT2D eigenvalue weighted by molar-refractivity contribution is -0.128. The van der Waals surface area contributed by atoms with Crippen molar-refractivity contribution in [2.75, 3.05) is 30.7 Å². The molecule has 0 aliphatic heterocycles. The maximum Gasteiger partial charge on any atom is 0.241 e. The number of hydrogen-bond donors (Lipinski definition) is 2. The number of nitrogens with two attached hydrogens (primary N) is 1. The van der Waals surface area contributed by atoms with Crippen LogP contribution in [-0.4, -0.2) is 35.4 Å². The summed E-state index contributed by atoms with van der Waals surface area (Å²) in [5, 5.41) is 2.51. The lowest BCUT2D eigenvalue weighted by atomic mass is 10.4. The van der Waals surface area contributed by atoms with E-state index in [0.29, 0.717) is 19.2 Å². The van der Waals surface area contributed by atoms with Crippen molar-refractivity contribution in [1.82, 2.24) is 9.88 Å². The molecule has 3 N–H and O–H groups in total. The van der Waals surface area contributed by atoms with Crippen molar-refractivity contribution in [2.24, 2.45) is 0 Å². The van der Waals surface area contributed by atoms with Crippen LogP contribution in [0.1, 0.15) is 13.8 Å². The highest BCUT2D eigenvalue weighted by Crippen LogP contribution is 2.16. The highest BCUT2D eigenvalue weighted by Gasteiger charge is 2.13. The van der Waals surface area contributed by atoms with E-state index in [4.69, 9.17) is 5.73 Å². The number of nitrogens with zero attached hydrogens (tertiary/aromatic N) is 2. The number of rotatable bonds is 5. The third-order valence-corrected chi connectivity index (χ3v) is 2.48. The van der Waals surface area contributed by atoms with Crippen LogP contribution in [0.2, 0.25) is 0 Å². The van der Waals surface area contributed by atoms with Crippen LogP contribution in [0.25, 0.3) is 0 Å². The van der Waals surface area contributed by atoms with E-state index in [2.05, 4.69) is 10.3 Å². The molecule has 1 heterocycles. The van der Waals surface area contributed by atoms with Gasteiger partial charge in [-0.15, -0.1) is 0 Å². The predicted octanol–water partition coefficient (Wildman–Crippen LogP) is 1.22. The average Bonchev–Trinajstić information content (AvgIpc) is 2.33. The molecule has 0 aliphatic carbocycles. The molecule has 0 saturated carbocycles. The Bertz CT molecular complexity index is 435. The Labute approximate surface area is 104 Å². The van der Waals surface area contributed by atoms with Gasteiger partial charge in [0.1, 0.15) is 0 Å². The molecular weight excluding hydrogens is 242 g/mol. The van der Waals surface area contributed by atoms with Gasteiger partial charge in [-0.3, -0.25) is 4.79 Å². The molecule has 1 rings (SSSR count). The summed E-state index contributed by atoms with van der Waals surface area (Å²) in [5.74, 6) is -2.63. The molecule has 1 amide bonds. The summed E-state index contributed by atoms with van der Waals surface area (Å²) in [5.41, 5.74) is 5.22. The molecule has 0 aromatic carbocycles. The van der Waals surface area contributed by atoms with Crippen LogP contribution in [0.4, 0.5) is 20.4 Å². The Morgan fingerprint density at radius 3 is 2.56 bits per heavy atom. The minimum Gasteiger partial charge on any atom is -0.381 e. The van der Waals surface area contributed by atoms with Gasteiger partial charge >= 0.3 is 0 Å². The van der Waals surface area contributed by atoms with Crippen molar-refractivity contribution in [3.63, 3.8) is 0 Å². The Morgan fingerprint density at radius 2 is 2.00 bits per heavy atom. The molecule has 0 fully saturated rings. The van der Waals surface area contributed by atoms with Gasteiger partial charge in [-0.2, -0.15) is 0 Å². The Morgan fingerprint density at radius 1 is 1.39 bits per heavy atom. The normalized spacial score (nSPS) is 10.2. The zero-order valence-electron chi connectivity index (χ0n) is 10.3. The Kier molecular flexibility index (Phi) is 4.82. The number of amides is 1. The molecule has 0 aliphatic rings. The van der Waals surface area contributed by atoms with Gasteiger partial charge in [-0.25, -0.2) is 13.8 Å². The first kappa shape index (κ1) is 14.1. The van der Waals surface area contributed by atoms with Crippen LogP contribution in [0.5, 0.6) is 0 Å². The quantitative estimate of drug-likeness (QED) is 0.833. The zero-order chi connectivity index (χ0) is 13.7. The van der Waals surface area contributed by atoms with E-state index in [1.165, 1.54) is 0 Å². The molecule has 100 valence electrons. The summed E-state index contributed by atoms with van der Waals surface area (Å²) < 4.78 is 26.2. The van der Waals surface area contributed by atoms with Crippen molar-refractivity contribution >= 4 is 17.5 Å². The van der Waals surface area contributed by atoms with Crippen molar-refractivity contribution in [3.8, 4) is 0 Å². The minimum absolute atomic E-state index is 0.114. The van der Waals surface area contributed by atoms with E-state index in [1.54, 1.807) is 4.90 Å². The van der Waals surface area contributed by atoms with Gasteiger partial charge < -0.3 is 16.0 Å². The lowest BCUT2D eigenvalue weighted by Crippen LogP contribution is -2.35. The van der Waals surface area contributed by atoms with Crippen molar-refractivity contribution in [2.45, 2.75) is 13.8 Å². The van der Waals surface area contributed by atoms with Crippen LogP contribution in [-0.2, 0) is 4.79 Å². The van der Waals surface area contributed by atoms with Crippen LogP contribution in [0, 0.1) is 11.6 Å². The first-order valence-corrected chi connectivity index (χ1v) is 5.62. The molecule has 0 spiro atoms. The number of carbonyl (C=O) groups is 1. The van der Waals surface area contributed by atoms with Gasteiger partial charge in [-0.1, -0.05) is 0 Å². The summed E-state index contributed by atoms with van der Waals surface area (Å²) in [6.45, 7) is 4.71. The maximum absolute atomic E-state index is 13.3. The SMILES string of the molecule is CCN(CC)C(=O)CNc1nc(N)c(F)cc1F. The first-order valence-electron chi connectivity index (χ1n) is 5.62. The molecule has 1 aromatic heterocycles. The number of aromatic nitrogens is 1. The summed E-state index contributed by atoms with van der Waals surface area (Å²) in [6.07, 6.45) is 0. The third-order valence-electron chi connectivity index (χ3n) is 2.48. The molecule has 0 atom stereocenters. The molecule has 1 aromatic rings. The van der Waals surface area contributed by atoms with Crippen LogP contribution >= 0.6 is 0 Å². The first-order chi connectivity index (χ1) is 8.49. The molecule has 5 nitrogen and oxygen atoms in total. The van der Waals surface area contributed by atoms with Crippen molar-refractivity contribution in [1.29, 1.82) is 0 Å². The molecule has 7 heteroatoms.